The Labute approximate surface area is 214 Å². The maximum Gasteiger partial charge on any atom is 0.453 e. The monoisotopic (exact) mass is 504 g/mol. The molecule has 0 radical (unpaired) electrons. The molecule has 1 aromatic heterocycles. The molecule has 0 saturated heterocycles. The van der Waals surface area contributed by atoms with Gasteiger partial charge in [-0.05, 0) is 59.7 Å². The first-order valence-corrected chi connectivity index (χ1v) is 12.1. The lowest BCUT2D eigenvalue weighted by Gasteiger charge is -2.24. The molecule has 192 valence electrons. The maximum absolute atomic E-state index is 13.7. The van der Waals surface area contributed by atoms with E-state index in [1.54, 1.807) is 63.0 Å². The Morgan fingerprint density at radius 2 is 1.89 bits per heavy atom. The quantitative estimate of drug-likeness (QED) is 0.235. The number of fused-ring (bicyclic) bond motifs is 2. The molecule has 2 aromatic carbocycles. The number of rotatable bonds is 4. The van der Waals surface area contributed by atoms with E-state index < -0.39 is 17.1 Å². The van der Waals surface area contributed by atoms with Crippen LogP contribution < -0.4 is 5.11 Å². The van der Waals surface area contributed by atoms with Crippen LogP contribution in [0.2, 0.25) is 0 Å². The van der Waals surface area contributed by atoms with E-state index in [2.05, 4.69) is 4.98 Å². The van der Waals surface area contributed by atoms with Crippen molar-refractivity contribution < 1.29 is 28.4 Å². The summed E-state index contributed by atoms with van der Waals surface area (Å²) in [5.74, 6) is -1.52. The molecule has 5 rings (SSSR count). The molecule has 0 bridgehead atoms. The summed E-state index contributed by atoms with van der Waals surface area (Å²) in [6.07, 6.45) is 3.16. The number of amides is 1. The van der Waals surface area contributed by atoms with Gasteiger partial charge in [-0.2, -0.15) is 0 Å². The second kappa shape index (κ2) is 8.83. The molecule has 1 aliphatic carbocycles. The number of nitrogens with zero attached hydrogens (tertiary/aromatic N) is 4. The van der Waals surface area contributed by atoms with Crippen LogP contribution in [0.15, 0.2) is 36.5 Å². The van der Waals surface area contributed by atoms with E-state index in [4.69, 9.17) is 4.74 Å². The van der Waals surface area contributed by atoms with Gasteiger partial charge in [0.05, 0.1) is 39.1 Å². The molecule has 0 atom stereocenters. The molecule has 0 unspecified atom stereocenters. The van der Waals surface area contributed by atoms with Crippen molar-refractivity contribution in [2.45, 2.75) is 31.2 Å². The number of hydrogen-bond acceptors (Lipinski definition) is 5. The maximum atomic E-state index is 13.7. The van der Waals surface area contributed by atoms with E-state index in [1.165, 1.54) is 17.0 Å². The third-order valence-corrected chi connectivity index (χ3v) is 7.11. The molecule has 3 aromatic rings. The van der Waals surface area contributed by atoms with Crippen molar-refractivity contribution in [3.8, 4) is 5.75 Å². The summed E-state index contributed by atoms with van der Waals surface area (Å²) in [5, 5.41) is 14.0. The van der Waals surface area contributed by atoms with Gasteiger partial charge < -0.3 is 14.7 Å². The van der Waals surface area contributed by atoms with Gasteiger partial charge in [0.1, 0.15) is 5.82 Å². The summed E-state index contributed by atoms with van der Waals surface area (Å²) in [6.45, 7) is 0.240. The van der Waals surface area contributed by atoms with Crippen molar-refractivity contribution in [3.05, 3.63) is 70.2 Å². The minimum absolute atomic E-state index is 0.0901. The zero-order valence-corrected chi connectivity index (χ0v) is 21.6. The largest absolute Gasteiger partial charge is 0.870 e. The number of hydrogen-bond donors (Lipinski definition) is 0. The molecule has 2 heterocycles. The molecule has 2 aliphatic rings. The first-order valence-electron chi connectivity index (χ1n) is 12.1. The molecule has 1 fully saturated rings. The van der Waals surface area contributed by atoms with Crippen molar-refractivity contribution >= 4 is 28.8 Å². The Balaban J connectivity index is 1.68. The summed E-state index contributed by atoms with van der Waals surface area (Å²) in [4.78, 5) is 34.4. The first-order chi connectivity index (χ1) is 17.5. The number of carbonyl (C=O) groups excluding carboxylic acids is 2. The van der Waals surface area contributed by atoms with Crippen LogP contribution in [-0.2, 0) is 27.9 Å². The van der Waals surface area contributed by atoms with Gasteiger partial charge in [-0.25, -0.2) is 13.9 Å². The molecule has 9 heteroatoms. The normalized spacial score (nSPS) is 15.5. The van der Waals surface area contributed by atoms with Gasteiger partial charge in [0.25, 0.3) is 5.91 Å². The standard InChI is InChI=1S/C28H29FN4O4/c1-31(2)27(32(3)4)37-26(36)28(10-11-28)22-19-13-17(12-16-6-8-18(29)9-7-16)14-30-23(19)24(34)21-20(22)15-33(5)25(21)35/h6-9,13-14H,10-12,15H2,1-5H3. The Morgan fingerprint density at radius 1 is 1.22 bits per heavy atom. The van der Waals surface area contributed by atoms with Crippen molar-refractivity contribution in [1.29, 1.82) is 0 Å². The fraction of sp³-hybridized carbons (Fsp3) is 0.357. The molecular weight excluding hydrogens is 475 g/mol. The predicted molar refractivity (Wildman–Crippen MR) is 134 cm³/mol. The van der Waals surface area contributed by atoms with E-state index in [-0.39, 0.29) is 29.3 Å². The number of ether oxygens (including phenoxy) is 1. The third-order valence-electron chi connectivity index (χ3n) is 7.11. The van der Waals surface area contributed by atoms with Gasteiger partial charge in [0.15, 0.2) is 0 Å². The lowest BCUT2D eigenvalue weighted by atomic mass is 9.85. The van der Waals surface area contributed by atoms with Crippen LogP contribution in [0.4, 0.5) is 4.39 Å². The van der Waals surface area contributed by atoms with Crippen LogP contribution in [0.5, 0.6) is 5.75 Å². The number of carbonyl (C=O) groups is 2. The number of pyridine rings is 1. The van der Waals surface area contributed by atoms with Gasteiger partial charge in [0.2, 0.25) is 0 Å². The molecule has 0 spiro atoms. The average molecular weight is 505 g/mol. The molecule has 8 nitrogen and oxygen atoms in total. The van der Waals surface area contributed by atoms with Crippen LogP contribution in [0.3, 0.4) is 0 Å². The fourth-order valence-corrected chi connectivity index (χ4v) is 5.23. The van der Waals surface area contributed by atoms with Crippen LogP contribution in [0.25, 0.3) is 10.9 Å². The zero-order valence-electron chi connectivity index (χ0n) is 21.6. The number of esters is 1. The van der Waals surface area contributed by atoms with Gasteiger partial charge in [-0.3, -0.25) is 14.6 Å². The SMILES string of the molecule is CN(C)C(OC(=O)C1(c2c3c(c([O-])c4ncc(Cc5ccc(F)cc5)cc24)C(=O)N(C)C3)CC1)=[N+](C)C. The van der Waals surface area contributed by atoms with E-state index in [1.807, 2.05) is 6.07 Å². The van der Waals surface area contributed by atoms with Crippen molar-refractivity contribution in [1.82, 2.24) is 14.8 Å². The first kappa shape index (κ1) is 24.7. The highest BCUT2D eigenvalue weighted by molar-refractivity contribution is 6.10. The Hall–Kier alpha value is -4.01. The zero-order chi connectivity index (χ0) is 26.6. The van der Waals surface area contributed by atoms with E-state index in [0.29, 0.717) is 41.8 Å². The summed E-state index contributed by atoms with van der Waals surface area (Å²) in [7, 11) is 8.81. The van der Waals surface area contributed by atoms with E-state index in [0.717, 1.165) is 11.1 Å². The highest BCUT2D eigenvalue weighted by Crippen LogP contribution is 2.55. The van der Waals surface area contributed by atoms with Crippen molar-refractivity contribution in [2.24, 2.45) is 0 Å². The lowest BCUT2D eigenvalue weighted by Crippen LogP contribution is -2.37. The fourth-order valence-electron chi connectivity index (χ4n) is 5.23. The minimum atomic E-state index is -0.977. The van der Waals surface area contributed by atoms with Crippen LogP contribution in [0, 0.1) is 5.82 Å². The number of halogens is 1. The van der Waals surface area contributed by atoms with Crippen LogP contribution >= 0.6 is 0 Å². The van der Waals surface area contributed by atoms with Gasteiger partial charge in [0, 0.05) is 30.7 Å². The van der Waals surface area contributed by atoms with Gasteiger partial charge in [-0.1, -0.05) is 17.9 Å². The van der Waals surface area contributed by atoms with E-state index >= 15 is 0 Å². The summed E-state index contributed by atoms with van der Waals surface area (Å²) in [6, 6.07) is 8.48. The topological polar surface area (TPSA) is 88.8 Å². The number of amidine groups is 1. The minimum Gasteiger partial charge on any atom is -0.870 e. The molecule has 0 N–H and O–H groups in total. The van der Waals surface area contributed by atoms with Crippen molar-refractivity contribution in [3.63, 3.8) is 0 Å². The Kier molecular flexibility index (Phi) is 5.89. The Morgan fingerprint density at radius 3 is 2.49 bits per heavy atom. The van der Waals surface area contributed by atoms with E-state index in [9.17, 15) is 19.1 Å². The van der Waals surface area contributed by atoms with Crippen LogP contribution in [-0.4, -0.2) is 72.5 Å². The Bertz CT molecular complexity index is 1470. The highest BCUT2D eigenvalue weighted by atomic mass is 19.1. The van der Waals surface area contributed by atoms with Crippen molar-refractivity contribution in [2.75, 3.05) is 35.2 Å². The van der Waals surface area contributed by atoms with Gasteiger partial charge >= 0.3 is 12.0 Å². The summed E-state index contributed by atoms with van der Waals surface area (Å²) < 4.78 is 21.0. The number of benzene rings is 2. The second-order valence-electron chi connectivity index (χ2n) is 10.3. The summed E-state index contributed by atoms with van der Waals surface area (Å²) in [5.41, 5.74) is 2.22. The smallest absolute Gasteiger partial charge is 0.453 e. The molecule has 1 aliphatic heterocycles. The average Bonchev–Trinajstić information content (AvgIpc) is 3.59. The highest BCUT2D eigenvalue weighted by Gasteiger charge is 2.57. The predicted octanol–water partition coefficient (Wildman–Crippen LogP) is 2.39. The van der Waals surface area contributed by atoms with Crippen LogP contribution in [0.1, 0.15) is 45.5 Å². The third kappa shape index (κ3) is 4.08. The number of aromatic nitrogens is 1. The van der Waals surface area contributed by atoms with Gasteiger partial charge in [-0.15, -0.1) is 0 Å². The summed E-state index contributed by atoms with van der Waals surface area (Å²) >= 11 is 0. The molecule has 1 amide bonds. The molecule has 1 saturated carbocycles. The lowest BCUT2D eigenvalue weighted by molar-refractivity contribution is -0.479. The molecule has 37 heavy (non-hydrogen) atoms. The molecular formula is C28H29FN4O4. The second-order valence-corrected chi connectivity index (χ2v) is 10.3.